The fraction of sp³-hybridized carbons (Fsp3) is 0.625. The molecule has 0 saturated carbocycles. The molecule has 2 heteroatoms. The van der Waals surface area contributed by atoms with E-state index in [1.807, 2.05) is 0 Å². The fourth-order valence-electron chi connectivity index (χ4n) is 2.34. The van der Waals surface area contributed by atoms with E-state index in [2.05, 4.69) is 56.9 Å². The van der Waals surface area contributed by atoms with Gasteiger partial charge in [0.1, 0.15) is 0 Å². The Morgan fingerprint density at radius 1 is 1.00 bits per heavy atom. The van der Waals surface area contributed by atoms with Crippen molar-refractivity contribution in [2.45, 2.75) is 34.1 Å². The maximum Gasteiger partial charge on any atom is 0.0399 e. The van der Waals surface area contributed by atoms with Crippen LogP contribution in [0.1, 0.15) is 33.3 Å². The Hall–Kier alpha value is -1.02. The van der Waals surface area contributed by atoms with Gasteiger partial charge < -0.3 is 10.6 Å². The first-order valence-electron chi connectivity index (χ1n) is 7.07. The van der Waals surface area contributed by atoms with Crippen molar-refractivity contribution in [1.29, 1.82) is 0 Å². The van der Waals surface area contributed by atoms with Crippen LogP contribution >= 0.6 is 0 Å². The van der Waals surface area contributed by atoms with E-state index in [0.29, 0.717) is 18.4 Å². The Bertz CT molecular complexity index is 335. The smallest absolute Gasteiger partial charge is 0.0399 e. The molecule has 2 N–H and O–H groups in total. The molecule has 0 aliphatic rings. The number of benzene rings is 1. The summed E-state index contributed by atoms with van der Waals surface area (Å²) in [6.07, 6.45) is 0.961. The maximum absolute atomic E-state index is 5.71. The molecule has 0 aliphatic carbocycles. The van der Waals surface area contributed by atoms with Crippen LogP contribution in [0.25, 0.3) is 0 Å². The van der Waals surface area contributed by atoms with Crippen molar-refractivity contribution in [3.8, 4) is 0 Å². The number of nitrogens with two attached hydrogens (primary N) is 1. The molecule has 0 unspecified atom stereocenters. The Morgan fingerprint density at radius 2 is 1.56 bits per heavy atom. The predicted molar refractivity (Wildman–Crippen MR) is 81.1 cm³/mol. The third-order valence-corrected chi connectivity index (χ3v) is 2.92. The average molecular weight is 248 g/mol. The molecular weight excluding hydrogens is 220 g/mol. The maximum atomic E-state index is 5.71. The minimum absolute atomic E-state index is 0.676. The summed E-state index contributed by atoms with van der Waals surface area (Å²) in [5, 5.41) is 0. The molecule has 0 amide bonds. The van der Waals surface area contributed by atoms with Crippen LogP contribution in [-0.2, 0) is 6.42 Å². The SMILES string of the molecule is CC(C)CN(CC(C)C)c1ccccc1CCN. The lowest BCUT2D eigenvalue weighted by Crippen LogP contribution is -2.32. The molecular formula is C16H28N2. The highest BCUT2D eigenvalue weighted by atomic mass is 15.1. The highest BCUT2D eigenvalue weighted by Crippen LogP contribution is 2.23. The van der Waals surface area contributed by atoms with Gasteiger partial charge in [-0.1, -0.05) is 45.9 Å². The molecule has 1 rings (SSSR count). The molecule has 0 spiro atoms. The fourth-order valence-corrected chi connectivity index (χ4v) is 2.34. The van der Waals surface area contributed by atoms with Crippen LogP contribution in [-0.4, -0.2) is 19.6 Å². The van der Waals surface area contributed by atoms with Crippen LogP contribution in [0.5, 0.6) is 0 Å². The number of rotatable bonds is 7. The molecule has 2 nitrogen and oxygen atoms in total. The van der Waals surface area contributed by atoms with E-state index < -0.39 is 0 Å². The highest BCUT2D eigenvalue weighted by molar-refractivity contribution is 5.54. The molecule has 0 heterocycles. The van der Waals surface area contributed by atoms with Crippen molar-refractivity contribution in [1.82, 2.24) is 0 Å². The Morgan fingerprint density at radius 3 is 2.06 bits per heavy atom. The van der Waals surface area contributed by atoms with Gasteiger partial charge in [0.25, 0.3) is 0 Å². The van der Waals surface area contributed by atoms with Gasteiger partial charge in [-0.25, -0.2) is 0 Å². The van der Waals surface area contributed by atoms with Crippen molar-refractivity contribution >= 4 is 5.69 Å². The summed E-state index contributed by atoms with van der Waals surface area (Å²) in [7, 11) is 0. The van der Waals surface area contributed by atoms with Crippen molar-refractivity contribution in [3.63, 3.8) is 0 Å². The predicted octanol–water partition coefficient (Wildman–Crippen LogP) is 3.31. The van der Waals surface area contributed by atoms with Gasteiger partial charge in [0.15, 0.2) is 0 Å². The van der Waals surface area contributed by atoms with E-state index in [0.717, 1.165) is 19.5 Å². The monoisotopic (exact) mass is 248 g/mol. The Kier molecular flexibility index (Phi) is 6.20. The summed E-state index contributed by atoms with van der Waals surface area (Å²) in [6.45, 7) is 12.0. The number of anilines is 1. The van der Waals surface area contributed by atoms with Crippen LogP contribution in [0.4, 0.5) is 5.69 Å². The van der Waals surface area contributed by atoms with Crippen molar-refractivity contribution in [2.75, 3.05) is 24.5 Å². The number of nitrogens with zero attached hydrogens (tertiary/aromatic N) is 1. The quantitative estimate of drug-likeness (QED) is 0.802. The largest absolute Gasteiger partial charge is 0.371 e. The van der Waals surface area contributed by atoms with Gasteiger partial charge in [0, 0.05) is 18.8 Å². The lowest BCUT2D eigenvalue weighted by molar-refractivity contribution is 0.551. The summed E-state index contributed by atoms with van der Waals surface area (Å²) >= 11 is 0. The number of hydrogen-bond acceptors (Lipinski definition) is 2. The molecule has 0 radical (unpaired) electrons. The van der Waals surface area contributed by atoms with Crippen molar-refractivity contribution in [3.05, 3.63) is 29.8 Å². The van der Waals surface area contributed by atoms with Crippen molar-refractivity contribution in [2.24, 2.45) is 17.6 Å². The lowest BCUT2D eigenvalue weighted by atomic mass is 10.1. The van der Waals surface area contributed by atoms with Gasteiger partial charge in [-0.05, 0) is 36.4 Å². The molecule has 0 fully saturated rings. The van der Waals surface area contributed by atoms with Gasteiger partial charge in [-0.2, -0.15) is 0 Å². The van der Waals surface area contributed by atoms with Gasteiger partial charge in [0.2, 0.25) is 0 Å². The van der Waals surface area contributed by atoms with Crippen LogP contribution < -0.4 is 10.6 Å². The van der Waals surface area contributed by atoms with E-state index in [1.54, 1.807) is 0 Å². The van der Waals surface area contributed by atoms with E-state index in [4.69, 9.17) is 5.73 Å². The first-order valence-corrected chi connectivity index (χ1v) is 7.07. The molecule has 0 aromatic heterocycles. The summed E-state index contributed by atoms with van der Waals surface area (Å²) in [4.78, 5) is 2.51. The number of para-hydroxylation sites is 1. The molecule has 18 heavy (non-hydrogen) atoms. The zero-order valence-corrected chi connectivity index (χ0v) is 12.3. The summed E-state index contributed by atoms with van der Waals surface area (Å²) in [6, 6.07) is 8.67. The molecule has 1 aromatic carbocycles. The van der Waals surface area contributed by atoms with E-state index in [-0.39, 0.29) is 0 Å². The van der Waals surface area contributed by atoms with E-state index >= 15 is 0 Å². The standard InChI is InChI=1S/C16H28N2/c1-13(2)11-18(12-14(3)4)16-8-6-5-7-15(16)9-10-17/h5-8,13-14H,9-12,17H2,1-4H3. The normalized spacial score (nSPS) is 11.3. The first-order chi connectivity index (χ1) is 8.54. The van der Waals surface area contributed by atoms with Gasteiger partial charge in [-0.3, -0.25) is 0 Å². The first kappa shape index (κ1) is 15.0. The third-order valence-electron chi connectivity index (χ3n) is 2.92. The zero-order chi connectivity index (χ0) is 13.5. The van der Waals surface area contributed by atoms with E-state index in [9.17, 15) is 0 Å². The second-order valence-corrected chi connectivity index (χ2v) is 5.86. The van der Waals surface area contributed by atoms with Crippen LogP contribution in [0.3, 0.4) is 0 Å². The number of hydrogen-bond donors (Lipinski definition) is 1. The van der Waals surface area contributed by atoms with Crippen LogP contribution in [0.15, 0.2) is 24.3 Å². The molecule has 0 bridgehead atoms. The summed E-state index contributed by atoms with van der Waals surface area (Å²) in [5.74, 6) is 1.35. The lowest BCUT2D eigenvalue weighted by Gasteiger charge is -2.30. The summed E-state index contributed by atoms with van der Waals surface area (Å²) in [5.41, 5.74) is 8.46. The van der Waals surface area contributed by atoms with Gasteiger partial charge in [-0.15, -0.1) is 0 Å². The third kappa shape index (κ3) is 4.69. The molecule has 0 saturated heterocycles. The molecule has 102 valence electrons. The minimum Gasteiger partial charge on any atom is -0.371 e. The Balaban J connectivity index is 2.95. The minimum atomic E-state index is 0.676. The van der Waals surface area contributed by atoms with Crippen LogP contribution in [0.2, 0.25) is 0 Å². The zero-order valence-electron chi connectivity index (χ0n) is 12.3. The molecule has 0 aliphatic heterocycles. The summed E-state index contributed by atoms with van der Waals surface area (Å²) < 4.78 is 0. The Labute approximate surface area is 112 Å². The van der Waals surface area contributed by atoms with E-state index in [1.165, 1.54) is 11.3 Å². The average Bonchev–Trinajstić information content (AvgIpc) is 2.28. The molecule has 0 atom stereocenters. The molecule has 1 aromatic rings. The van der Waals surface area contributed by atoms with Crippen LogP contribution in [0, 0.1) is 11.8 Å². The second-order valence-electron chi connectivity index (χ2n) is 5.86. The van der Waals surface area contributed by atoms with Gasteiger partial charge in [0.05, 0.1) is 0 Å². The topological polar surface area (TPSA) is 29.3 Å². The highest BCUT2D eigenvalue weighted by Gasteiger charge is 2.13. The van der Waals surface area contributed by atoms with Crippen molar-refractivity contribution < 1.29 is 0 Å². The second kappa shape index (κ2) is 7.42. The van der Waals surface area contributed by atoms with Gasteiger partial charge >= 0.3 is 0 Å².